The summed E-state index contributed by atoms with van der Waals surface area (Å²) in [7, 11) is -3.96. The number of nitrogens with one attached hydrogen (secondary N) is 2. The van der Waals surface area contributed by atoms with Gasteiger partial charge >= 0.3 is 0 Å². The van der Waals surface area contributed by atoms with E-state index in [1.54, 1.807) is 36.4 Å². The summed E-state index contributed by atoms with van der Waals surface area (Å²) in [5, 5.41) is 5.29. The van der Waals surface area contributed by atoms with Crippen molar-refractivity contribution in [1.29, 1.82) is 0 Å². The third-order valence-corrected chi connectivity index (χ3v) is 9.46. The summed E-state index contributed by atoms with van der Waals surface area (Å²) in [5.74, 6) is -0.247. The molecule has 5 aromatic carbocycles. The van der Waals surface area contributed by atoms with Crippen LogP contribution in [0, 0.1) is 6.92 Å². The number of ether oxygens (including phenoxy) is 1. The summed E-state index contributed by atoms with van der Waals surface area (Å²) in [6.07, 6.45) is 1.68. The minimum Gasteiger partial charge on any atom is -0.488 e. The fourth-order valence-electron chi connectivity index (χ4n) is 4.79. The van der Waals surface area contributed by atoms with Crippen LogP contribution in [-0.2, 0) is 32.6 Å². The SMILES string of the molecule is Cc1ccc(S(=O)(=O)NC(=O)Cc2ccc(N=C3NC(=O)C(=Cc4cc5ccccc5cc4OCc4ccccc4)S3)cc2)cc1.[Na]. The molecule has 1 saturated heterocycles. The van der Waals surface area contributed by atoms with Crippen LogP contribution < -0.4 is 14.8 Å². The number of thioether (sulfide) groups is 1. The van der Waals surface area contributed by atoms with Crippen LogP contribution in [-0.4, -0.2) is 55.0 Å². The third kappa shape index (κ3) is 8.79. The Kier molecular flexibility index (Phi) is 11.0. The van der Waals surface area contributed by atoms with Gasteiger partial charge in [0, 0.05) is 35.1 Å². The van der Waals surface area contributed by atoms with Crippen molar-refractivity contribution in [2.45, 2.75) is 24.8 Å². The fourth-order valence-corrected chi connectivity index (χ4v) is 6.60. The van der Waals surface area contributed by atoms with E-state index in [4.69, 9.17) is 4.74 Å². The molecule has 0 unspecified atom stereocenters. The van der Waals surface area contributed by atoms with Gasteiger partial charge in [0.05, 0.1) is 21.9 Å². The second kappa shape index (κ2) is 15.1. The minimum atomic E-state index is -3.96. The first-order chi connectivity index (χ1) is 22.2. The molecule has 1 heterocycles. The molecule has 0 atom stereocenters. The maximum atomic E-state index is 12.9. The Morgan fingerprint density at radius 2 is 1.53 bits per heavy atom. The summed E-state index contributed by atoms with van der Waals surface area (Å²) in [6, 6.07) is 34.9. The van der Waals surface area contributed by atoms with Crippen LogP contribution in [0.1, 0.15) is 22.3 Å². The standard InChI is InChI=1S/C36H29N3O5S2.Na/c1-24-11-17-31(18-12-24)46(42,43)39-34(40)19-25-13-15-30(16-14-25)37-36-38-35(41)33(45-36)22-29-20-27-9-5-6-10-28(27)21-32(29)44-23-26-7-3-2-4-8-26;/h2-18,20-22H,19,23H2,1H3,(H,39,40)(H,37,38,41);. The van der Waals surface area contributed by atoms with E-state index in [-0.39, 0.29) is 46.8 Å². The van der Waals surface area contributed by atoms with Crippen molar-refractivity contribution in [3.05, 3.63) is 142 Å². The predicted molar refractivity (Wildman–Crippen MR) is 188 cm³/mol. The normalized spacial score (nSPS) is 14.5. The van der Waals surface area contributed by atoms with E-state index in [2.05, 4.69) is 15.0 Å². The minimum absolute atomic E-state index is 0. The van der Waals surface area contributed by atoms with Gasteiger partial charge in [-0.3, -0.25) is 9.59 Å². The van der Waals surface area contributed by atoms with Crippen molar-refractivity contribution in [2.75, 3.05) is 0 Å². The van der Waals surface area contributed by atoms with Gasteiger partial charge < -0.3 is 10.1 Å². The maximum Gasteiger partial charge on any atom is 0.264 e. The number of benzene rings is 5. The third-order valence-electron chi connectivity index (χ3n) is 7.16. The number of aryl methyl sites for hydroxylation is 1. The molecule has 6 rings (SSSR count). The summed E-state index contributed by atoms with van der Waals surface area (Å²) >= 11 is 1.22. The summed E-state index contributed by atoms with van der Waals surface area (Å²) in [4.78, 5) is 30.5. The summed E-state index contributed by atoms with van der Waals surface area (Å²) in [5.41, 5.74) is 3.91. The van der Waals surface area contributed by atoms with E-state index in [1.807, 2.05) is 79.7 Å². The Morgan fingerprint density at radius 3 is 2.23 bits per heavy atom. The number of carbonyl (C=O) groups excluding carboxylic acids is 2. The van der Waals surface area contributed by atoms with E-state index < -0.39 is 15.9 Å². The number of hydrogen-bond acceptors (Lipinski definition) is 7. The topological polar surface area (TPSA) is 114 Å². The van der Waals surface area contributed by atoms with Crippen LogP contribution in [0.2, 0.25) is 0 Å². The van der Waals surface area contributed by atoms with Crippen molar-refractivity contribution in [2.24, 2.45) is 4.99 Å². The fraction of sp³-hybridized carbons (Fsp3) is 0.0833. The van der Waals surface area contributed by atoms with Crippen LogP contribution in [0.25, 0.3) is 16.8 Å². The zero-order valence-corrected chi connectivity index (χ0v) is 29.4. The average molecular weight is 671 g/mol. The quantitative estimate of drug-likeness (QED) is 0.141. The van der Waals surface area contributed by atoms with Gasteiger partial charge in [-0.05, 0) is 83.1 Å². The maximum absolute atomic E-state index is 12.9. The van der Waals surface area contributed by atoms with Crippen LogP contribution in [0.4, 0.5) is 5.69 Å². The van der Waals surface area contributed by atoms with Crippen molar-refractivity contribution >= 4 is 90.9 Å². The van der Waals surface area contributed by atoms with Crippen LogP contribution in [0.15, 0.2) is 130 Å². The number of sulfonamides is 1. The zero-order chi connectivity index (χ0) is 32.1. The molecule has 2 N–H and O–H groups in total. The van der Waals surface area contributed by atoms with Crippen molar-refractivity contribution in [3.63, 3.8) is 0 Å². The number of fused-ring (bicyclic) bond motifs is 1. The number of rotatable bonds is 9. The first-order valence-electron chi connectivity index (χ1n) is 14.4. The molecule has 0 saturated carbocycles. The largest absolute Gasteiger partial charge is 0.488 e. The van der Waals surface area contributed by atoms with E-state index in [9.17, 15) is 18.0 Å². The average Bonchev–Trinajstić information content (AvgIpc) is 3.39. The Balaban J connectivity index is 0.00000433. The molecule has 2 amide bonds. The Labute approximate surface area is 299 Å². The zero-order valence-electron chi connectivity index (χ0n) is 25.8. The molecule has 0 bridgehead atoms. The van der Waals surface area contributed by atoms with Crippen LogP contribution in [0.3, 0.4) is 0 Å². The van der Waals surface area contributed by atoms with Gasteiger partial charge in [-0.2, -0.15) is 0 Å². The molecular formula is C36H29N3NaO5S2. The van der Waals surface area contributed by atoms with E-state index in [0.29, 0.717) is 33.7 Å². The number of carbonyl (C=O) groups is 2. The van der Waals surface area contributed by atoms with Gasteiger partial charge in [0.15, 0.2) is 5.17 Å². The molecule has 8 nitrogen and oxygen atoms in total. The van der Waals surface area contributed by atoms with Gasteiger partial charge in [-0.15, -0.1) is 0 Å². The molecule has 1 aliphatic heterocycles. The monoisotopic (exact) mass is 670 g/mol. The van der Waals surface area contributed by atoms with Gasteiger partial charge in [0.1, 0.15) is 12.4 Å². The first kappa shape index (κ1) is 34.2. The second-order valence-electron chi connectivity index (χ2n) is 10.7. The molecule has 5 aromatic rings. The molecule has 1 fully saturated rings. The molecule has 1 aliphatic rings. The molecule has 47 heavy (non-hydrogen) atoms. The molecule has 0 spiro atoms. The number of amides is 2. The number of amidine groups is 1. The molecule has 1 radical (unpaired) electrons. The predicted octanol–water partition coefficient (Wildman–Crippen LogP) is 6.29. The van der Waals surface area contributed by atoms with Crippen LogP contribution >= 0.6 is 11.8 Å². The Bertz CT molecular complexity index is 2100. The second-order valence-corrected chi connectivity index (χ2v) is 13.4. The molecular weight excluding hydrogens is 642 g/mol. The summed E-state index contributed by atoms with van der Waals surface area (Å²) < 4.78 is 33.4. The van der Waals surface area contributed by atoms with E-state index in [0.717, 1.165) is 27.5 Å². The molecule has 0 aliphatic carbocycles. The van der Waals surface area contributed by atoms with Gasteiger partial charge in [0.25, 0.3) is 15.9 Å². The number of aliphatic imine (C=N–C) groups is 1. The smallest absolute Gasteiger partial charge is 0.264 e. The summed E-state index contributed by atoms with van der Waals surface area (Å²) in [6.45, 7) is 2.24. The first-order valence-corrected chi connectivity index (χ1v) is 16.7. The molecule has 11 heteroatoms. The van der Waals surface area contributed by atoms with E-state index >= 15 is 0 Å². The van der Waals surface area contributed by atoms with Crippen molar-refractivity contribution in [3.8, 4) is 5.75 Å². The molecule has 0 aromatic heterocycles. The van der Waals surface area contributed by atoms with Crippen molar-refractivity contribution < 1.29 is 22.7 Å². The van der Waals surface area contributed by atoms with Gasteiger partial charge in [-0.25, -0.2) is 18.1 Å². The Hall–Kier alpha value is -4.19. The van der Waals surface area contributed by atoms with E-state index in [1.165, 1.54) is 23.9 Å². The number of hydrogen-bond donors (Lipinski definition) is 2. The Morgan fingerprint density at radius 1 is 0.872 bits per heavy atom. The number of nitrogens with zero attached hydrogens (tertiary/aromatic N) is 1. The van der Waals surface area contributed by atoms with Gasteiger partial charge in [-0.1, -0.05) is 84.4 Å². The molecule has 231 valence electrons. The van der Waals surface area contributed by atoms with Crippen LogP contribution in [0.5, 0.6) is 5.75 Å². The van der Waals surface area contributed by atoms with Crippen molar-refractivity contribution in [1.82, 2.24) is 10.0 Å². The van der Waals surface area contributed by atoms with Gasteiger partial charge in [0.2, 0.25) is 5.91 Å².